The van der Waals surface area contributed by atoms with Crippen molar-refractivity contribution in [3.63, 3.8) is 0 Å². The van der Waals surface area contributed by atoms with Crippen molar-refractivity contribution in [1.82, 2.24) is 39.6 Å². The Hall–Kier alpha value is -5.54. The number of nitrogens with one attached hydrogen (secondary N) is 2. The van der Waals surface area contributed by atoms with Crippen molar-refractivity contribution >= 4 is 37.1 Å². The first-order valence-corrected chi connectivity index (χ1v) is 23.9. The number of ether oxygens (including phenoxy) is 2. The Morgan fingerprint density at radius 2 is 1.59 bits per heavy atom. The molecule has 3 amide bonds. The lowest BCUT2D eigenvalue weighted by atomic mass is 10.0. The van der Waals surface area contributed by atoms with E-state index < -0.39 is 26.3 Å². The predicted octanol–water partition coefficient (Wildman–Crippen LogP) is 8.33. The quantitative estimate of drug-likeness (QED) is 0.0783. The zero-order valence-electron chi connectivity index (χ0n) is 34.2. The Morgan fingerprint density at radius 1 is 0.879 bits per heavy atom. The second-order valence-corrected chi connectivity index (χ2v) is 22.5. The number of benzene rings is 2. The molecule has 58 heavy (non-hydrogen) atoms. The third-order valence-electron chi connectivity index (χ3n) is 11.2. The van der Waals surface area contributed by atoms with Crippen LogP contribution in [-0.4, -0.2) is 98.4 Å². The summed E-state index contributed by atoms with van der Waals surface area (Å²) in [4.78, 5) is 58.7. The van der Waals surface area contributed by atoms with Crippen molar-refractivity contribution in [3.8, 4) is 33.6 Å². The van der Waals surface area contributed by atoms with Crippen LogP contribution in [0.4, 0.5) is 9.59 Å². The van der Waals surface area contributed by atoms with Gasteiger partial charge in [0, 0.05) is 50.5 Å². The van der Waals surface area contributed by atoms with Gasteiger partial charge >= 0.3 is 12.2 Å². The lowest BCUT2D eigenvalue weighted by Crippen LogP contribution is -2.51. The van der Waals surface area contributed by atoms with E-state index in [0.717, 1.165) is 82.1 Å². The van der Waals surface area contributed by atoms with E-state index in [9.17, 15) is 19.5 Å². The number of methoxy groups -OCH3 is 1. The van der Waals surface area contributed by atoms with Gasteiger partial charge in [-0.3, -0.25) is 14.7 Å². The monoisotopic (exact) mass is 806 g/mol. The van der Waals surface area contributed by atoms with Crippen LogP contribution in [0.2, 0.25) is 25.7 Å². The molecule has 0 aliphatic carbocycles. The Bertz CT molecular complexity index is 2260. The number of carbonyl (C=O) groups is 3. The van der Waals surface area contributed by atoms with E-state index in [-0.39, 0.29) is 23.9 Å². The van der Waals surface area contributed by atoms with Crippen molar-refractivity contribution in [3.05, 3.63) is 78.8 Å². The number of aromatic nitrogens is 5. The van der Waals surface area contributed by atoms with Crippen LogP contribution >= 0.6 is 0 Å². The second-order valence-electron chi connectivity index (χ2n) is 16.8. The van der Waals surface area contributed by atoms with Crippen molar-refractivity contribution in [2.24, 2.45) is 5.92 Å². The smallest absolute Gasteiger partial charge is 0.407 e. The van der Waals surface area contributed by atoms with Crippen LogP contribution in [0.5, 0.6) is 0 Å². The van der Waals surface area contributed by atoms with Gasteiger partial charge in [-0.05, 0) is 60.9 Å². The minimum atomic E-state index is -1.29. The Morgan fingerprint density at radius 3 is 2.29 bits per heavy atom. The maximum Gasteiger partial charge on any atom is 0.407 e. The number of pyridine rings is 1. The fourth-order valence-corrected chi connectivity index (χ4v) is 8.70. The fourth-order valence-electron chi connectivity index (χ4n) is 7.95. The van der Waals surface area contributed by atoms with E-state index in [2.05, 4.69) is 71.3 Å². The molecular weight excluding hydrogens is 753 g/mol. The first-order valence-electron chi connectivity index (χ1n) is 20.1. The summed E-state index contributed by atoms with van der Waals surface area (Å²) < 4.78 is 13.0. The largest absolute Gasteiger partial charge is 0.465 e. The molecule has 3 atom stereocenters. The summed E-state index contributed by atoms with van der Waals surface area (Å²) in [7, 11) is 0.000457. The minimum absolute atomic E-state index is 0.107. The summed E-state index contributed by atoms with van der Waals surface area (Å²) in [6, 6.07) is 16.4. The highest BCUT2D eigenvalue weighted by Gasteiger charge is 2.38. The molecule has 0 spiro atoms. The topological polar surface area (TPSA) is 168 Å². The number of hydrogen-bond acceptors (Lipinski definition) is 8. The van der Waals surface area contributed by atoms with E-state index in [1.807, 2.05) is 47.8 Å². The number of carbonyl (C=O) groups excluding carboxylic acids is 2. The molecule has 5 aromatic rings. The molecule has 5 heterocycles. The zero-order chi connectivity index (χ0) is 41.1. The van der Waals surface area contributed by atoms with Crippen LogP contribution in [-0.2, 0) is 21.0 Å². The number of rotatable bonds is 13. The molecule has 0 radical (unpaired) electrons. The number of alkyl carbamates (subject to hydrolysis) is 1. The highest BCUT2D eigenvalue weighted by atomic mass is 28.3. The van der Waals surface area contributed by atoms with Gasteiger partial charge in [0.2, 0.25) is 5.91 Å². The predicted molar refractivity (Wildman–Crippen MR) is 225 cm³/mol. The van der Waals surface area contributed by atoms with Crippen molar-refractivity contribution in [2.45, 2.75) is 90.1 Å². The van der Waals surface area contributed by atoms with E-state index in [1.54, 1.807) is 6.20 Å². The first kappa shape index (κ1) is 40.6. The summed E-state index contributed by atoms with van der Waals surface area (Å²) in [6.45, 7) is 12.8. The molecule has 15 heteroatoms. The SMILES string of the molecule is COC(=O)N[C@H](C(=O)N1CCC[C@H]1c1ncc(-c2ccc(-c3cnc4cc(-c5cnc([C@@H]6CCCN6C(=O)O)n5COCC[Si](C)(C)C)ccc4c3)cc2)[nH]1)C(C)C. The molecule has 306 valence electrons. The summed E-state index contributed by atoms with van der Waals surface area (Å²) >= 11 is 0. The van der Waals surface area contributed by atoms with Gasteiger partial charge in [0.25, 0.3) is 0 Å². The lowest BCUT2D eigenvalue weighted by molar-refractivity contribution is -0.135. The molecule has 2 saturated heterocycles. The average Bonchev–Trinajstić information content (AvgIpc) is 4.04. The van der Waals surface area contributed by atoms with Crippen molar-refractivity contribution < 1.29 is 29.0 Å². The minimum Gasteiger partial charge on any atom is -0.465 e. The van der Waals surface area contributed by atoms with Gasteiger partial charge in [0.1, 0.15) is 24.4 Å². The van der Waals surface area contributed by atoms with Gasteiger partial charge in [-0.2, -0.15) is 0 Å². The fraction of sp³-hybridized carbons (Fsp3) is 0.442. The molecule has 2 fully saturated rings. The Kier molecular flexibility index (Phi) is 12.0. The molecule has 2 aliphatic rings. The van der Waals surface area contributed by atoms with Gasteiger partial charge in [0.05, 0.1) is 48.5 Å². The number of amides is 3. The van der Waals surface area contributed by atoms with Crippen molar-refractivity contribution in [1.29, 1.82) is 0 Å². The number of carboxylic acid groups (broad SMARTS) is 1. The lowest BCUT2D eigenvalue weighted by Gasteiger charge is -2.30. The summed E-state index contributed by atoms with van der Waals surface area (Å²) in [5, 5.41) is 13.6. The molecule has 0 unspecified atom stereocenters. The molecule has 2 aliphatic heterocycles. The third-order valence-corrected chi connectivity index (χ3v) is 13.0. The number of imidazole rings is 2. The van der Waals surface area contributed by atoms with E-state index in [1.165, 1.54) is 12.0 Å². The molecule has 0 bridgehead atoms. The van der Waals surface area contributed by atoms with Gasteiger partial charge in [-0.15, -0.1) is 0 Å². The van der Waals surface area contributed by atoms with Gasteiger partial charge in [-0.1, -0.05) is 69.9 Å². The summed E-state index contributed by atoms with van der Waals surface area (Å²) in [5.74, 6) is 1.18. The molecule has 2 aromatic carbocycles. The van der Waals surface area contributed by atoms with Crippen LogP contribution < -0.4 is 5.32 Å². The van der Waals surface area contributed by atoms with Crippen LogP contribution in [0.25, 0.3) is 44.5 Å². The van der Waals surface area contributed by atoms with Crippen LogP contribution in [0.1, 0.15) is 63.3 Å². The summed E-state index contributed by atoms with van der Waals surface area (Å²) in [6.07, 6.45) is 7.10. The second kappa shape index (κ2) is 17.1. The molecular formula is C43H54N8O6Si. The number of fused-ring (bicyclic) bond motifs is 1. The zero-order valence-corrected chi connectivity index (χ0v) is 35.2. The van der Waals surface area contributed by atoms with Crippen LogP contribution in [0.15, 0.2) is 67.1 Å². The molecule has 3 aromatic heterocycles. The Labute approximate surface area is 340 Å². The normalized spacial score (nSPS) is 17.6. The van der Waals surface area contributed by atoms with Gasteiger partial charge in [-0.25, -0.2) is 19.6 Å². The molecule has 0 saturated carbocycles. The van der Waals surface area contributed by atoms with Crippen molar-refractivity contribution in [2.75, 3.05) is 26.8 Å². The average molecular weight is 807 g/mol. The third kappa shape index (κ3) is 8.80. The molecule has 3 N–H and O–H groups in total. The number of aromatic amines is 1. The maximum atomic E-state index is 13.6. The van der Waals surface area contributed by atoms with Crippen LogP contribution in [0, 0.1) is 5.92 Å². The number of H-pyrrole nitrogens is 1. The number of likely N-dealkylation sites (tertiary alicyclic amines) is 2. The molecule has 14 nitrogen and oxygen atoms in total. The highest BCUT2D eigenvalue weighted by molar-refractivity contribution is 6.76. The molecule has 7 rings (SSSR count). The Balaban J connectivity index is 1.08. The van der Waals surface area contributed by atoms with E-state index in [4.69, 9.17) is 19.4 Å². The van der Waals surface area contributed by atoms with Crippen LogP contribution in [0.3, 0.4) is 0 Å². The first-order chi connectivity index (χ1) is 27.8. The van der Waals surface area contributed by atoms with E-state index in [0.29, 0.717) is 32.3 Å². The standard InChI is InChI=1S/C43H54N8O6Si/c1-27(2)38(48-42(53)56-3)41(52)49-17-7-9-35(49)39-45-24-34(47-39)29-13-11-28(12-14-29)32-21-30-15-16-31(22-33(30)44-23-32)37-25-46-40(36-10-8-18-50(36)43(54)55)51(37)26-57-19-20-58(4,5)6/h11-16,21-25,27,35-36,38H,7-10,17-20,26H2,1-6H3,(H,45,47)(H,48,53)(H,54,55)/t35-,36-,38-/m0/s1. The van der Waals surface area contributed by atoms with Gasteiger partial charge in [0.15, 0.2) is 0 Å². The highest BCUT2D eigenvalue weighted by Crippen LogP contribution is 2.36. The van der Waals surface area contributed by atoms with E-state index >= 15 is 0 Å². The van der Waals surface area contributed by atoms with Gasteiger partial charge < -0.3 is 34.3 Å². The number of hydrogen-bond donors (Lipinski definition) is 3. The number of nitrogens with zero attached hydrogens (tertiary/aromatic N) is 6. The maximum absolute atomic E-state index is 13.6. The summed E-state index contributed by atoms with van der Waals surface area (Å²) in [5.41, 5.74) is 6.46.